The molecule has 1 aromatic rings. The summed E-state index contributed by atoms with van der Waals surface area (Å²) in [6.45, 7) is 7.01. The topological polar surface area (TPSA) is 119 Å². The summed E-state index contributed by atoms with van der Waals surface area (Å²) < 4.78 is 38.7. The van der Waals surface area contributed by atoms with Crippen molar-refractivity contribution in [1.29, 1.82) is 0 Å². The lowest BCUT2D eigenvalue weighted by Crippen LogP contribution is -2.42. The molecule has 0 saturated carbocycles. The Hall–Kier alpha value is -2.04. The van der Waals surface area contributed by atoms with Crippen molar-refractivity contribution < 1.29 is 27.6 Å². The molecule has 2 aliphatic rings. The van der Waals surface area contributed by atoms with Gasteiger partial charge in [0, 0.05) is 12.1 Å². The Morgan fingerprint density at radius 2 is 1.96 bits per heavy atom. The van der Waals surface area contributed by atoms with E-state index in [-0.39, 0.29) is 17.1 Å². The number of hydrogen-bond acceptors (Lipinski definition) is 7. The van der Waals surface area contributed by atoms with Crippen LogP contribution in [0.25, 0.3) is 0 Å². The number of nitro groups is 1. The zero-order chi connectivity index (χ0) is 20.9. The molecular formula is C18H24N2O7S. The van der Waals surface area contributed by atoms with Crippen LogP contribution < -0.4 is 0 Å². The number of hydrogen-bond donors (Lipinski definition) is 0. The number of non-ortho nitro benzene ring substituents is 1. The van der Waals surface area contributed by atoms with Gasteiger partial charge in [0.1, 0.15) is 11.7 Å². The molecule has 9 nitrogen and oxygen atoms in total. The lowest BCUT2D eigenvalue weighted by Gasteiger charge is -2.27. The maximum atomic E-state index is 13.2. The zero-order valence-electron chi connectivity index (χ0n) is 16.2. The highest BCUT2D eigenvalue weighted by molar-refractivity contribution is 7.89. The van der Waals surface area contributed by atoms with Crippen LogP contribution in [0.1, 0.15) is 40.5 Å². The van der Waals surface area contributed by atoms with Gasteiger partial charge in [0.25, 0.3) is 5.69 Å². The van der Waals surface area contributed by atoms with Gasteiger partial charge < -0.3 is 9.47 Å². The second kappa shape index (κ2) is 6.78. The number of morpholine rings is 1. The predicted octanol–water partition coefficient (Wildman–Crippen LogP) is 2.25. The van der Waals surface area contributed by atoms with E-state index in [1.54, 1.807) is 20.8 Å². The third kappa shape index (κ3) is 3.51. The Morgan fingerprint density at radius 1 is 1.36 bits per heavy atom. The molecular weight excluding hydrogens is 388 g/mol. The third-order valence-electron chi connectivity index (χ3n) is 4.83. The number of sulfonamides is 1. The number of benzene rings is 1. The van der Waals surface area contributed by atoms with Crippen molar-refractivity contribution in [1.82, 2.24) is 4.31 Å². The van der Waals surface area contributed by atoms with Gasteiger partial charge in [-0.2, -0.15) is 4.31 Å². The fraction of sp³-hybridized carbons (Fsp3) is 0.611. The molecule has 3 rings (SSSR count). The molecule has 154 valence electrons. The van der Waals surface area contributed by atoms with Crippen LogP contribution >= 0.6 is 0 Å². The third-order valence-corrected chi connectivity index (χ3v) is 6.72. The van der Waals surface area contributed by atoms with Gasteiger partial charge in [-0.05, 0) is 39.3 Å². The number of carbonyl (C=O) groups is 1. The Morgan fingerprint density at radius 3 is 2.46 bits per heavy atom. The molecule has 0 spiro atoms. The minimum Gasteiger partial charge on any atom is -0.458 e. The van der Waals surface area contributed by atoms with Crippen LogP contribution in [0.2, 0.25) is 0 Å². The Balaban J connectivity index is 1.90. The Labute approximate surface area is 163 Å². The molecule has 0 aliphatic carbocycles. The van der Waals surface area contributed by atoms with Gasteiger partial charge in [-0.25, -0.2) is 13.2 Å². The van der Waals surface area contributed by atoms with Gasteiger partial charge in [0.05, 0.1) is 22.4 Å². The molecule has 0 amide bonds. The SMILES string of the molecule is CCC[C@H]1[C@@H]2O[C@]2(C(=O)OC(C)(C)C)CN1S(=O)(=O)c1ccc([N+](=O)[O-])cc1. The standard InChI is InChI=1S/C18H24N2O7S/c1-5-6-14-15-18(26-15,16(21)27-17(2,3)4)11-19(14)28(24,25)13-9-7-12(8-10-13)20(22)23/h7-10,14-15H,5-6,11H2,1-4H3/t14-,15-,18+/m0/s1. The molecule has 2 fully saturated rings. The van der Waals surface area contributed by atoms with E-state index in [2.05, 4.69) is 0 Å². The average molecular weight is 412 g/mol. The molecule has 2 saturated heterocycles. The number of ether oxygens (including phenoxy) is 2. The van der Waals surface area contributed by atoms with E-state index >= 15 is 0 Å². The summed E-state index contributed by atoms with van der Waals surface area (Å²) in [5, 5.41) is 10.8. The summed E-state index contributed by atoms with van der Waals surface area (Å²) in [7, 11) is -3.95. The maximum absolute atomic E-state index is 13.2. The van der Waals surface area contributed by atoms with E-state index in [1.165, 1.54) is 16.4 Å². The first-order chi connectivity index (χ1) is 12.9. The number of epoxide rings is 1. The predicted molar refractivity (Wildman–Crippen MR) is 99.1 cm³/mol. The lowest BCUT2D eigenvalue weighted by atomic mass is 10.0. The van der Waals surface area contributed by atoms with Gasteiger partial charge in [-0.3, -0.25) is 10.1 Å². The van der Waals surface area contributed by atoms with Crippen molar-refractivity contribution in [2.45, 2.75) is 68.8 Å². The molecule has 10 heteroatoms. The van der Waals surface area contributed by atoms with E-state index in [0.29, 0.717) is 12.8 Å². The Kier molecular flexibility index (Phi) is 5.01. The van der Waals surface area contributed by atoms with E-state index in [4.69, 9.17) is 9.47 Å². The first-order valence-corrected chi connectivity index (χ1v) is 10.5. The van der Waals surface area contributed by atoms with Crippen molar-refractivity contribution in [3.8, 4) is 0 Å². The average Bonchev–Trinajstić information content (AvgIpc) is 3.24. The highest BCUT2D eigenvalue weighted by atomic mass is 32.2. The van der Waals surface area contributed by atoms with E-state index in [0.717, 1.165) is 12.1 Å². The lowest BCUT2D eigenvalue weighted by molar-refractivity contribution is -0.384. The fourth-order valence-corrected chi connectivity index (χ4v) is 5.22. The van der Waals surface area contributed by atoms with Crippen LogP contribution in [-0.2, 0) is 24.3 Å². The summed E-state index contributed by atoms with van der Waals surface area (Å²) in [6, 6.07) is 4.23. The zero-order valence-corrected chi connectivity index (χ0v) is 17.1. The van der Waals surface area contributed by atoms with Crippen LogP contribution in [0.15, 0.2) is 29.2 Å². The normalized spacial score (nSPS) is 27.3. The number of esters is 1. The van der Waals surface area contributed by atoms with Crippen LogP contribution in [0.5, 0.6) is 0 Å². The molecule has 0 unspecified atom stereocenters. The summed E-state index contributed by atoms with van der Waals surface area (Å²) >= 11 is 0. The first kappa shape index (κ1) is 20.7. The first-order valence-electron chi connectivity index (χ1n) is 9.10. The number of nitro benzene ring substituents is 1. The van der Waals surface area contributed by atoms with E-state index in [1.807, 2.05) is 6.92 Å². The summed E-state index contributed by atoms with van der Waals surface area (Å²) in [6.07, 6.45) is 0.693. The maximum Gasteiger partial charge on any atom is 0.343 e. The molecule has 0 N–H and O–H groups in total. The van der Waals surface area contributed by atoms with E-state index in [9.17, 15) is 23.3 Å². The van der Waals surface area contributed by atoms with Gasteiger partial charge in [-0.15, -0.1) is 0 Å². The number of nitrogens with zero attached hydrogens (tertiary/aromatic N) is 2. The van der Waals surface area contributed by atoms with Crippen molar-refractivity contribution >= 4 is 21.7 Å². The number of fused-ring (bicyclic) bond motifs is 1. The van der Waals surface area contributed by atoms with Crippen LogP contribution in [0.3, 0.4) is 0 Å². The molecule has 0 aromatic heterocycles. The van der Waals surface area contributed by atoms with Crippen molar-refractivity contribution in [2.24, 2.45) is 0 Å². The monoisotopic (exact) mass is 412 g/mol. The van der Waals surface area contributed by atoms with Gasteiger partial charge in [-0.1, -0.05) is 13.3 Å². The number of carbonyl (C=O) groups excluding carboxylic acids is 1. The van der Waals surface area contributed by atoms with Crippen LogP contribution in [0.4, 0.5) is 5.69 Å². The van der Waals surface area contributed by atoms with Gasteiger partial charge in [0.15, 0.2) is 0 Å². The molecule has 2 aliphatic heterocycles. The van der Waals surface area contributed by atoms with Crippen molar-refractivity contribution in [2.75, 3.05) is 6.54 Å². The summed E-state index contributed by atoms with van der Waals surface area (Å²) in [5.74, 6) is -0.562. The summed E-state index contributed by atoms with van der Waals surface area (Å²) in [5.41, 5.74) is -2.18. The fourth-order valence-electron chi connectivity index (χ4n) is 3.53. The van der Waals surface area contributed by atoms with Gasteiger partial charge >= 0.3 is 5.97 Å². The van der Waals surface area contributed by atoms with Crippen LogP contribution in [0, 0.1) is 10.1 Å². The number of rotatable bonds is 6. The van der Waals surface area contributed by atoms with Crippen molar-refractivity contribution in [3.05, 3.63) is 34.4 Å². The van der Waals surface area contributed by atoms with Crippen molar-refractivity contribution in [3.63, 3.8) is 0 Å². The Bertz CT molecular complexity index is 892. The van der Waals surface area contributed by atoms with Gasteiger partial charge in [0.2, 0.25) is 15.6 Å². The summed E-state index contributed by atoms with van der Waals surface area (Å²) in [4.78, 5) is 22.8. The molecule has 0 radical (unpaired) electrons. The van der Waals surface area contributed by atoms with E-state index < -0.39 is 44.3 Å². The quantitative estimate of drug-likeness (QED) is 0.304. The molecule has 0 bridgehead atoms. The minimum absolute atomic E-state index is 0.0557. The highest BCUT2D eigenvalue weighted by Gasteiger charge is 2.74. The minimum atomic E-state index is -3.95. The highest BCUT2D eigenvalue weighted by Crippen LogP contribution is 2.51. The molecule has 28 heavy (non-hydrogen) atoms. The van der Waals surface area contributed by atoms with Crippen LogP contribution in [-0.4, -0.2) is 53.5 Å². The molecule has 2 heterocycles. The smallest absolute Gasteiger partial charge is 0.343 e. The second-order valence-corrected chi connectivity index (χ2v) is 9.98. The molecule has 3 atom stereocenters. The second-order valence-electron chi connectivity index (χ2n) is 8.09. The molecule has 1 aromatic carbocycles. The largest absolute Gasteiger partial charge is 0.458 e.